The second-order valence-corrected chi connectivity index (χ2v) is 6.38. The predicted molar refractivity (Wildman–Crippen MR) is 95.3 cm³/mol. The monoisotopic (exact) mass is 308 g/mol. The molecule has 2 atom stereocenters. The number of hydrogen-bond acceptors (Lipinski definition) is 3. The molecule has 2 N–H and O–H groups in total. The fourth-order valence-corrected chi connectivity index (χ4v) is 4.06. The van der Waals surface area contributed by atoms with Crippen molar-refractivity contribution in [3.05, 3.63) is 48.0 Å². The summed E-state index contributed by atoms with van der Waals surface area (Å²) in [6.07, 6.45) is 2.38. The number of rotatable bonds is 3. The molecule has 120 valence electrons. The Bertz CT molecular complexity index is 698. The molecule has 0 bridgehead atoms. The lowest BCUT2D eigenvalue weighted by Gasteiger charge is -2.19. The zero-order chi connectivity index (χ0) is 15.6. The highest BCUT2D eigenvalue weighted by Gasteiger charge is 2.35. The summed E-state index contributed by atoms with van der Waals surface area (Å²) in [4.78, 5) is 0. The summed E-state index contributed by atoms with van der Waals surface area (Å²) in [5.41, 5.74) is 5.33. The second-order valence-electron chi connectivity index (χ2n) is 6.38. The van der Waals surface area contributed by atoms with Crippen LogP contribution < -0.4 is 15.4 Å². The van der Waals surface area contributed by atoms with Crippen LogP contribution in [0.2, 0.25) is 0 Å². The molecule has 0 amide bonds. The van der Waals surface area contributed by atoms with Gasteiger partial charge in [-0.1, -0.05) is 30.3 Å². The van der Waals surface area contributed by atoms with Gasteiger partial charge >= 0.3 is 0 Å². The molecule has 0 unspecified atom stereocenters. The first-order chi connectivity index (χ1) is 11.4. The van der Waals surface area contributed by atoms with Crippen molar-refractivity contribution in [2.24, 2.45) is 0 Å². The van der Waals surface area contributed by atoms with E-state index in [0.29, 0.717) is 18.6 Å². The Morgan fingerprint density at radius 3 is 2.74 bits per heavy atom. The lowest BCUT2D eigenvalue weighted by atomic mass is 9.85. The SMILES string of the molecule is CCOc1ccccc1-c1cccc2c1[C@@H]1CCNCC[C@H]1N2. The van der Waals surface area contributed by atoms with Gasteiger partial charge in [-0.2, -0.15) is 0 Å². The fourth-order valence-electron chi connectivity index (χ4n) is 4.06. The Kier molecular flexibility index (Phi) is 3.96. The number of fused-ring (bicyclic) bond motifs is 3. The van der Waals surface area contributed by atoms with Crippen molar-refractivity contribution in [1.82, 2.24) is 5.32 Å². The molecule has 2 aliphatic rings. The van der Waals surface area contributed by atoms with E-state index in [1.165, 1.54) is 35.2 Å². The van der Waals surface area contributed by atoms with Gasteiger partial charge in [0.1, 0.15) is 5.75 Å². The molecule has 1 saturated heterocycles. The van der Waals surface area contributed by atoms with Crippen molar-refractivity contribution in [1.29, 1.82) is 0 Å². The number of nitrogens with one attached hydrogen (secondary N) is 2. The van der Waals surface area contributed by atoms with Crippen LogP contribution in [-0.2, 0) is 0 Å². The van der Waals surface area contributed by atoms with Crippen LogP contribution in [0.15, 0.2) is 42.5 Å². The van der Waals surface area contributed by atoms with Gasteiger partial charge in [-0.15, -0.1) is 0 Å². The molecule has 2 aromatic carbocycles. The Morgan fingerprint density at radius 2 is 1.83 bits per heavy atom. The number of benzene rings is 2. The smallest absolute Gasteiger partial charge is 0.127 e. The van der Waals surface area contributed by atoms with E-state index in [4.69, 9.17) is 4.74 Å². The van der Waals surface area contributed by atoms with E-state index >= 15 is 0 Å². The van der Waals surface area contributed by atoms with E-state index in [2.05, 4.69) is 47.0 Å². The van der Waals surface area contributed by atoms with E-state index in [1.54, 1.807) is 0 Å². The predicted octanol–water partition coefficient (Wildman–Crippen LogP) is 4.01. The normalized spacial score (nSPS) is 22.7. The first kappa shape index (κ1) is 14.6. The standard InChI is InChI=1S/C20H24N2O/c1-2-23-19-9-4-3-6-14(19)15-7-5-8-18-20(15)16-10-12-21-13-11-17(16)22-18/h3-9,16-17,21-22H,2,10-13H2,1H3/t16-,17-/m1/s1. The van der Waals surface area contributed by atoms with Gasteiger partial charge in [-0.25, -0.2) is 0 Å². The van der Waals surface area contributed by atoms with E-state index in [1.807, 2.05) is 13.0 Å². The minimum Gasteiger partial charge on any atom is -0.493 e. The van der Waals surface area contributed by atoms with Crippen LogP contribution >= 0.6 is 0 Å². The van der Waals surface area contributed by atoms with Crippen LogP contribution in [0.25, 0.3) is 11.1 Å². The maximum atomic E-state index is 5.88. The Labute approximate surface area is 138 Å². The topological polar surface area (TPSA) is 33.3 Å². The third-order valence-electron chi connectivity index (χ3n) is 5.04. The van der Waals surface area contributed by atoms with Gasteiger partial charge in [-0.3, -0.25) is 0 Å². The maximum absolute atomic E-state index is 5.88. The van der Waals surface area contributed by atoms with Crippen LogP contribution in [0.4, 0.5) is 5.69 Å². The highest BCUT2D eigenvalue weighted by molar-refractivity contribution is 5.81. The Balaban J connectivity index is 1.82. The van der Waals surface area contributed by atoms with E-state index in [-0.39, 0.29) is 0 Å². The van der Waals surface area contributed by atoms with Crippen LogP contribution in [0, 0.1) is 0 Å². The van der Waals surface area contributed by atoms with Gasteiger partial charge in [0, 0.05) is 23.2 Å². The van der Waals surface area contributed by atoms with Gasteiger partial charge in [0.05, 0.1) is 6.61 Å². The van der Waals surface area contributed by atoms with E-state index in [9.17, 15) is 0 Å². The minimum atomic E-state index is 0.556. The lowest BCUT2D eigenvalue weighted by Crippen LogP contribution is -2.21. The summed E-state index contributed by atoms with van der Waals surface area (Å²) in [6, 6.07) is 15.6. The molecular formula is C20H24N2O. The van der Waals surface area contributed by atoms with Crippen LogP contribution in [-0.4, -0.2) is 25.7 Å². The van der Waals surface area contributed by atoms with Crippen molar-refractivity contribution in [2.45, 2.75) is 31.7 Å². The van der Waals surface area contributed by atoms with Crippen molar-refractivity contribution in [3.63, 3.8) is 0 Å². The second kappa shape index (κ2) is 6.25. The number of para-hydroxylation sites is 1. The molecule has 2 heterocycles. The van der Waals surface area contributed by atoms with Crippen LogP contribution in [0.3, 0.4) is 0 Å². The van der Waals surface area contributed by atoms with Crippen molar-refractivity contribution >= 4 is 5.69 Å². The molecule has 0 aliphatic carbocycles. The van der Waals surface area contributed by atoms with Crippen molar-refractivity contribution in [2.75, 3.05) is 25.0 Å². The molecule has 0 saturated carbocycles. The molecule has 3 heteroatoms. The largest absolute Gasteiger partial charge is 0.493 e. The zero-order valence-corrected chi connectivity index (χ0v) is 13.6. The average molecular weight is 308 g/mol. The molecule has 0 spiro atoms. The lowest BCUT2D eigenvalue weighted by molar-refractivity contribution is 0.341. The molecule has 2 aromatic rings. The molecule has 23 heavy (non-hydrogen) atoms. The molecule has 2 aliphatic heterocycles. The van der Waals surface area contributed by atoms with Crippen LogP contribution in [0.1, 0.15) is 31.2 Å². The van der Waals surface area contributed by atoms with Gasteiger partial charge in [0.25, 0.3) is 0 Å². The summed E-state index contributed by atoms with van der Waals surface area (Å²) in [7, 11) is 0. The molecule has 4 rings (SSSR count). The minimum absolute atomic E-state index is 0.556. The molecular weight excluding hydrogens is 284 g/mol. The Hall–Kier alpha value is -2.00. The number of anilines is 1. The van der Waals surface area contributed by atoms with Gasteiger partial charge < -0.3 is 15.4 Å². The molecule has 3 nitrogen and oxygen atoms in total. The fraction of sp³-hybridized carbons (Fsp3) is 0.400. The summed E-state index contributed by atoms with van der Waals surface area (Å²) in [6.45, 7) is 4.94. The van der Waals surface area contributed by atoms with Gasteiger partial charge in [0.2, 0.25) is 0 Å². The average Bonchev–Trinajstić information content (AvgIpc) is 2.78. The third kappa shape index (κ3) is 2.59. The summed E-state index contributed by atoms with van der Waals surface area (Å²) < 4.78 is 5.88. The first-order valence-electron chi connectivity index (χ1n) is 8.71. The van der Waals surface area contributed by atoms with Crippen molar-refractivity contribution in [3.8, 4) is 16.9 Å². The number of ether oxygens (including phenoxy) is 1. The maximum Gasteiger partial charge on any atom is 0.127 e. The zero-order valence-electron chi connectivity index (χ0n) is 13.6. The summed E-state index contributed by atoms with van der Waals surface area (Å²) in [5, 5.41) is 7.29. The Morgan fingerprint density at radius 1 is 1.00 bits per heavy atom. The molecule has 1 fully saturated rings. The van der Waals surface area contributed by atoms with E-state index < -0.39 is 0 Å². The van der Waals surface area contributed by atoms with Crippen LogP contribution in [0.5, 0.6) is 5.75 Å². The number of hydrogen-bond donors (Lipinski definition) is 2. The third-order valence-corrected chi connectivity index (χ3v) is 5.04. The highest BCUT2D eigenvalue weighted by atomic mass is 16.5. The van der Waals surface area contributed by atoms with Gasteiger partial charge in [0.15, 0.2) is 0 Å². The summed E-state index contributed by atoms with van der Waals surface area (Å²) in [5.74, 6) is 1.57. The highest BCUT2D eigenvalue weighted by Crippen LogP contribution is 2.46. The first-order valence-corrected chi connectivity index (χ1v) is 8.71. The van der Waals surface area contributed by atoms with E-state index in [0.717, 1.165) is 18.8 Å². The van der Waals surface area contributed by atoms with Crippen molar-refractivity contribution < 1.29 is 4.74 Å². The quantitative estimate of drug-likeness (QED) is 0.898. The summed E-state index contributed by atoms with van der Waals surface area (Å²) >= 11 is 0. The molecule has 0 radical (unpaired) electrons. The van der Waals surface area contributed by atoms with Gasteiger partial charge in [-0.05, 0) is 56.1 Å². The molecule has 0 aromatic heterocycles.